The van der Waals surface area contributed by atoms with Crippen molar-refractivity contribution >= 4 is 18.4 Å². The van der Waals surface area contributed by atoms with Crippen molar-refractivity contribution in [1.82, 2.24) is 9.97 Å². The summed E-state index contributed by atoms with van der Waals surface area (Å²) in [6.07, 6.45) is 3.04. The molecule has 0 fully saturated rings. The highest BCUT2D eigenvalue weighted by Crippen LogP contribution is 2.15. The average Bonchev–Trinajstić information content (AvgIpc) is 2.29. The van der Waals surface area contributed by atoms with Gasteiger partial charge in [-0.25, -0.2) is 15.0 Å². The standard InChI is InChI=1S/C7H7N5.C2H6/c1-9-6-7(10-3-2-8)12-5-4-11-6;1-2/h4-5H,1,3H2,(H,10,12);1-2H3. The molecule has 5 heteroatoms. The molecule has 1 heterocycles. The van der Waals surface area contributed by atoms with E-state index in [2.05, 4.69) is 27.0 Å². The van der Waals surface area contributed by atoms with Gasteiger partial charge in [0.25, 0.3) is 0 Å². The lowest BCUT2D eigenvalue weighted by Crippen LogP contribution is -2.01. The number of nitrogens with zero attached hydrogens (tertiary/aromatic N) is 4. The molecule has 14 heavy (non-hydrogen) atoms. The lowest BCUT2D eigenvalue weighted by atomic mass is 10.5. The minimum atomic E-state index is 0.182. The van der Waals surface area contributed by atoms with Crippen molar-refractivity contribution in [2.75, 3.05) is 11.9 Å². The van der Waals surface area contributed by atoms with Crippen LogP contribution >= 0.6 is 0 Å². The first kappa shape index (κ1) is 12.0. The zero-order valence-electron chi connectivity index (χ0n) is 8.36. The van der Waals surface area contributed by atoms with Gasteiger partial charge in [0.15, 0.2) is 11.6 Å². The predicted octanol–water partition coefficient (Wildman–Crippen LogP) is 1.77. The minimum Gasteiger partial charge on any atom is -0.354 e. The normalized spacial score (nSPS) is 7.79. The number of rotatable bonds is 3. The third kappa shape index (κ3) is 3.63. The van der Waals surface area contributed by atoms with Crippen molar-refractivity contribution in [2.24, 2.45) is 4.99 Å². The van der Waals surface area contributed by atoms with E-state index in [9.17, 15) is 0 Å². The Morgan fingerprint density at radius 3 is 2.71 bits per heavy atom. The molecular weight excluding hydrogens is 178 g/mol. The molecule has 0 unspecified atom stereocenters. The van der Waals surface area contributed by atoms with Gasteiger partial charge in [-0.1, -0.05) is 13.8 Å². The number of hydrogen-bond acceptors (Lipinski definition) is 5. The van der Waals surface area contributed by atoms with Crippen LogP contribution in [-0.4, -0.2) is 23.2 Å². The van der Waals surface area contributed by atoms with E-state index in [0.29, 0.717) is 11.6 Å². The van der Waals surface area contributed by atoms with Gasteiger partial charge in [-0.2, -0.15) is 5.26 Å². The molecule has 0 aliphatic carbocycles. The number of hydrogen-bond donors (Lipinski definition) is 1. The summed E-state index contributed by atoms with van der Waals surface area (Å²) >= 11 is 0. The van der Waals surface area contributed by atoms with E-state index < -0.39 is 0 Å². The predicted molar refractivity (Wildman–Crippen MR) is 56.7 cm³/mol. The summed E-state index contributed by atoms with van der Waals surface area (Å²) in [5.41, 5.74) is 0. The van der Waals surface area contributed by atoms with E-state index >= 15 is 0 Å². The SMILES string of the molecule is C=Nc1nccnc1NCC#N.CC. The van der Waals surface area contributed by atoms with Gasteiger partial charge in [-0.3, -0.25) is 0 Å². The number of nitrogens with one attached hydrogen (secondary N) is 1. The van der Waals surface area contributed by atoms with Crippen LogP contribution in [0.15, 0.2) is 17.4 Å². The van der Waals surface area contributed by atoms with Crippen LogP contribution in [0, 0.1) is 11.3 Å². The quantitative estimate of drug-likeness (QED) is 0.583. The molecule has 0 amide bonds. The second-order valence-electron chi connectivity index (χ2n) is 1.90. The molecule has 0 saturated heterocycles. The third-order valence-corrected chi connectivity index (χ3v) is 1.16. The van der Waals surface area contributed by atoms with Crippen molar-refractivity contribution in [3.63, 3.8) is 0 Å². The van der Waals surface area contributed by atoms with Gasteiger partial charge < -0.3 is 5.32 Å². The maximum absolute atomic E-state index is 8.28. The molecule has 1 aromatic heterocycles. The zero-order valence-corrected chi connectivity index (χ0v) is 8.36. The molecule has 1 aromatic rings. The molecule has 0 spiro atoms. The summed E-state index contributed by atoms with van der Waals surface area (Å²) in [6, 6.07) is 1.93. The summed E-state index contributed by atoms with van der Waals surface area (Å²) in [5, 5.41) is 11.0. The maximum atomic E-state index is 8.28. The van der Waals surface area contributed by atoms with E-state index in [0.717, 1.165) is 0 Å². The Balaban J connectivity index is 0.000000791. The fourth-order valence-corrected chi connectivity index (χ4v) is 0.694. The Hall–Kier alpha value is -1.96. The fraction of sp³-hybridized carbons (Fsp3) is 0.333. The summed E-state index contributed by atoms with van der Waals surface area (Å²) in [5.74, 6) is 0.891. The first-order valence-corrected chi connectivity index (χ1v) is 4.27. The van der Waals surface area contributed by atoms with Gasteiger partial charge in [0.05, 0.1) is 6.07 Å². The van der Waals surface area contributed by atoms with Crippen LogP contribution in [0.4, 0.5) is 11.6 Å². The Morgan fingerprint density at radius 2 is 2.14 bits per heavy atom. The highest BCUT2D eigenvalue weighted by molar-refractivity contribution is 5.58. The topological polar surface area (TPSA) is 74.0 Å². The van der Waals surface area contributed by atoms with Gasteiger partial charge >= 0.3 is 0 Å². The van der Waals surface area contributed by atoms with Crippen LogP contribution in [0.2, 0.25) is 0 Å². The van der Waals surface area contributed by atoms with Crippen molar-refractivity contribution < 1.29 is 0 Å². The fourth-order valence-electron chi connectivity index (χ4n) is 0.694. The number of anilines is 1. The molecule has 74 valence electrons. The summed E-state index contributed by atoms with van der Waals surface area (Å²) < 4.78 is 0. The van der Waals surface area contributed by atoms with Crippen LogP contribution in [-0.2, 0) is 0 Å². The van der Waals surface area contributed by atoms with Crippen molar-refractivity contribution in [3.05, 3.63) is 12.4 Å². The molecule has 0 saturated carbocycles. The Labute approximate surface area is 83.5 Å². The zero-order chi connectivity index (χ0) is 10.8. The van der Waals surface area contributed by atoms with E-state index in [4.69, 9.17) is 5.26 Å². The lowest BCUT2D eigenvalue weighted by molar-refractivity contribution is 1.15. The Kier molecular flexibility index (Phi) is 6.60. The average molecular weight is 191 g/mol. The molecule has 0 aromatic carbocycles. The maximum Gasteiger partial charge on any atom is 0.194 e. The molecule has 5 nitrogen and oxygen atoms in total. The molecule has 0 radical (unpaired) electrons. The van der Waals surface area contributed by atoms with E-state index in [1.807, 2.05) is 19.9 Å². The number of nitriles is 1. The molecule has 1 rings (SSSR count). The molecule has 0 atom stereocenters. The number of aromatic nitrogens is 2. The van der Waals surface area contributed by atoms with Crippen LogP contribution in [0.3, 0.4) is 0 Å². The highest BCUT2D eigenvalue weighted by atomic mass is 15.1. The van der Waals surface area contributed by atoms with E-state index in [1.165, 1.54) is 12.4 Å². The summed E-state index contributed by atoms with van der Waals surface area (Å²) in [6.45, 7) is 7.51. The number of aliphatic imine (C=N–C) groups is 1. The second-order valence-corrected chi connectivity index (χ2v) is 1.90. The van der Waals surface area contributed by atoms with Crippen molar-refractivity contribution in [2.45, 2.75) is 13.8 Å². The minimum absolute atomic E-state index is 0.182. The monoisotopic (exact) mass is 191 g/mol. The van der Waals surface area contributed by atoms with Gasteiger partial charge in [-0.05, 0) is 6.72 Å². The van der Waals surface area contributed by atoms with E-state index in [-0.39, 0.29) is 6.54 Å². The van der Waals surface area contributed by atoms with Crippen LogP contribution in [0.25, 0.3) is 0 Å². The summed E-state index contributed by atoms with van der Waals surface area (Å²) in [7, 11) is 0. The van der Waals surface area contributed by atoms with Crippen LogP contribution in [0.5, 0.6) is 0 Å². The largest absolute Gasteiger partial charge is 0.354 e. The van der Waals surface area contributed by atoms with Crippen molar-refractivity contribution in [1.29, 1.82) is 5.26 Å². The van der Waals surface area contributed by atoms with Gasteiger partial charge in [0.2, 0.25) is 0 Å². The smallest absolute Gasteiger partial charge is 0.194 e. The van der Waals surface area contributed by atoms with Crippen molar-refractivity contribution in [3.8, 4) is 6.07 Å². The van der Waals surface area contributed by atoms with Crippen LogP contribution < -0.4 is 5.32 Å². The van der Waals surface area contributed by atoms with Gasteiger partial charge in [0.1, 0.15) is 6.54 Å². The highest BCUT2D eigenvalue weighted by Gasteiger charge is 1.99. The molecule has 0 bridgehead atoms. The van der Waals surface area contributed by atoms with Crippen LogP contribution in [0.1, 0.15) is 13.8 Å². The van der Waals surface area contributed by atoms with Gasteiger partial charge in [0, 0.05) is 12.4 Å². The molecule has 0 aliphatic rings. The van der Waals surface area contributed by atoms with E-state index in [1.54, 1.807) is 0 Å². The Bertz CT molecular complexity index is 315. The first-order chi connectivity index (χ1) is 6.88. The first-order valence-electron chi connectivity index (χ1n) is 4.27. The molecular formula is C9H13N5. The molecule has 0 aliphatic heterocycles. The lowest BCUT2D eigenvalue weighted by Gasteiger charge is -2.01. The Morgan fingerprint density at radius 1 is 1.50 bits per heavy atom. The van der Waals surface area contributed by atoms with Gasteiger partial charge in [-0.15, -0.1) is 0 Å². The third-order valence-electron chi connectivity index (χ3n) is 1.16. The summed E-state index contributed by atoms with van der Waals surface area (Å²) in [4.78, 5) is 11.4. The molecule has 1 N–H and O–H groups in total. The second kappa shape index (κ2) is 7.68.